The average Bonchev–Trinajstić information content (AvgIpc) is 2.07. The van der Waals surface area contributed by atoms with Gasteiger partial charge in [0.05, 0.1) is 10.6 Å². The Morgan fingerprint density at radius 2 is 2.07 bits per heavy atom. The van der Waals surface area contributed by atoms with Crippen molar-refractivity contribution in [2.45, 2.75) is 0 Å². The summed E-state index contributed by atoms with van der Waals surface area (Å²) >= 11 is -2.71. The molecule has 1 unspecified atom stereocenters. The Morgan fingerprint density at radius 3 is 2.53 bits per heavy atom. The van der Waals surface area contributed by atoms with Gasteiger partial charge in [0, 0.05) is 53.0 Å². The molecule has 9 heteroatoms. The largest absolute Gasteiger partial charge is 0.755 e. The first kappa shape index (κ1) is 14.5. The smallest absolute Gasteiger partial charge is 0.271 e. The molecular weight excluding hydrogens is 238 g/mol. The summed E-state index contributed by atoms with van der Waals surface area (Å²) in [7, 11) is 0. The van der Waals surface area contributed by atoms with E-state index in [1.807, 2.05) is 0 Å². The third kappa shape index (κ3) is 4.22. The van der Waals surface area contributed by atoms with Crippen molar-refractivity contribution in [3.05, 3.63) is 34.1 Å². The maximum absolute atomic E-state index is 12.8. The maximum atomic E-state index is 12.8. The van der Waals surface area contributed by atoms with Gasteiger partial charge < -0.3 is 9.27 Å². The number of anilines is 1. The van der Waals surface area contributed by atoms with Gasteiger partial charge in [-0.05, 0) is 6.07 Å². The van der Waals surface area contributed by atoms with Crippen LogP contribution in [0.15, 0.2) is 18.2 Å². The number of nitrogens with zero attached hydrogens (tertiary/aromatic N) is 1. The second kappa shape index (κ2) is 6.13. The van der Waals surface area contributed by atoms with Crippen LogP contribution in [-0.4, -0.2) is 43.2 Å². The SMILES string of the molecule is O=[N+]([O-])c1ccc(F)c(NS(=O)[O-])c1.[Na]. The Kier molecular flexibility index (Phi) is 5.91. The molecule has 0 aliphatic rings. The van der Waals surface area contributed by atoms with Gasteiger partial charge in [-0.25, -0.2) is 4.39 Å². The van der Waals surface area contributed by atoms with Crippen LogP contribution in [0.4, 0.5) is 15.8 Å². The van der Waals surface area contributed by atoms with E-state index < -0.39 is 27.7 Å². The molecule has 1 N–H and O–H groups in total. The fraction of sp³-hybridized carbons (Fsp3) is 0. The Balaban J connectivity index is 0.00000196. The summed E-state index contributed by atoms with van der Waals surface area (Å²) in [5.74, 6) is -0.875. The number of hydrogen-bond acceptors (Lipinski definition) is 4. The molecular formula is C6H4FN2NaO4S-. The van der Waals surface area contributed by atoms with Crippen LogP contribution < -0.4 is 4.72 Å². The van der Waals surface area contributed by atoms with Crippen molar-refractivity contribution in [3.8, 4) is 0 Å². The molecule has 1 aromatic carbocycles. The third-order valence-electron chi connectivity index (χ3n) is 1.35. The monoisotopic (exact) mass is 242 g/mol. The Bertz CT molecular complexity index is 403. The van der Waals surface area contributed by atoms with Crippen LogP contribution in [-0.2, 0) is 11.3 Å². The van der Waals surface area contributed by atoms with Crippen LogP contribution >= 0.6 is 0 Å². The molecule has 1 atom stereocenters. The average molecular weight is 242 g/mol. The summed E-state index contributed by atoms with van der Waals surface area (Å²) in [6.45, 7) is 0. The van der Waals surface area contributed by atoms with E-state index in [-0.39, 0.29) is 35.2 Å². The van der Waals surface area contributed by atoms with Crippen molar-refractivity contribution >= 4 is 52.2 Å². The van der Waals surface area contributed by atoms with E-state index in [4.69, 9.17) is 0 Å². The number of hydrogen-bond donors (Lipinski definition) is 1. The zero-order valence-electron chi connectivity index (χ0n) is 7.60. The summed E-state index contributed by atoms with van der Waals surface area (Å²) in [6, 6.07) is 2.55. The molecule has 0 bridgehead atoms. The predicted octanol–water partition coefficient (Wildman–Crippen LogP) is 0.559. The van der Waals surface area contributed by atoms with Gasteiger partial charge in [0.15, 0.2) is 0 Å². The van der Waals surface area contributed by atoms with Gasteiger partial charge in [-0.3, -0.25) is 14.3 Å². The van der Waals surface area contributed by atoms with Crippen LogP contribution in [0.1, 0.15) is 0 Å². The Morgan fingerprint density at radius 1 is 1.47 bits per heavy atom. The van der Waals surface area contributed by atoms with Crippen LogP contribution in [0.3, 0.4) is 0 Å². The molecule has 1 aromatic rings. The molecule has 0 saturated heterocycles. The first-order chi connectivity index (χ1) is 6.50. The number of nitro benzene ring substituents is 1. The normalized spacial score (nSPS) is 11.3. The van der Waals surface area contributed by atoms with Crippen molar-refractivity contribution in [3.63, 3.8) is 0 Å². The standard InChI is InChI=1S/C6H5FN2O4S.Na/c7-5-2-1-4(9(10)11)3-6(5)8-14(12)13;/h1-3,8H,(H,12,13);/p-1. The van der Waals surface area contributed by atoms with Gasteiger partial charge in [0.25, 0.3) is 5.69 Å². The quantitative estimate of drug-likeness (QED) is 0.362. The summed E-state index contributed by atoms with van der Waals surface area (Å²) in [6.07, 6.45) is 0. The van der Waals surface area contributed by atoms with Crippen LogP contribution in [0.2, 0.25) is 0 Å². The van der Waals surface area contributed by atoms with Gasteiger partial charge in [0.2, 0.25) is 0 Å². The summed E-state index contributed by atoms with van der Waals surface area (Å²) in [4.78, 5) is 9.50. The van der Waals surface area contributed by atoms with Gasteiger partial charge in [-0.1, -0.05) is 0 Å². The summed E-state index contributed by atoms with van der Waals surface area (Å²) in [5.41, 5.74) is -0.841. The van der Waals surface area contributed by atoms with Crippen molar-refractivity contribution in [2.75, 3.05) is 4.72 Å². The molecule has 0 amide bonds. The van der Waals surface area contributed by atoms with Gasteiger partial charge in [-0.15, -0.1) is 0 Å². The Hall–Kier alpha value is -0.540. The molecule has 0 aliphatic carbocycles. The third-order valence-corrected chi connectivity index (χ3v) is 1.74. The fourth-order valence-electron chi connectivity index (χ4n) is 0.795. The zero-order chi connectivity index (χ0) is 10.7. The molecule has 0 heterocycles. The van der Waals surface area contributed by atoms with E-state index in [9.17, 15) is 23.3 Å². The van der Waals surface area contributed by atoms with Crippen LogP contribution in [0.5, 0.6) is 0 Å². The predicted molar refractivity (Wildman–Crippen MR) is 51.4 cm³/mol. The first-order valence-electron chi connectivity index (χ1n) is 3.30. The molecule has 15 heavy (non-hydrogen) atoms. The van der Waals surface area contributed by atoms with Crippen LogP contribution in [0, 0.1) is 15.9 Å². The fourth-order valence-corrected chi connectivity index (χ4v) is 1.13. The minimum Gasteiger partial charge on any atom is -0.755 e. The molecule has 6 nitrogen and oxygen atoms in total. The Labute approximate surface area is 109 Å². The number of benzene rings is 1. The second-order valence-corrected chi connectivity index (χ2v) is 2.93. The van der Waals surface area contributed by atoms with Gasteiger partial charge in [-0.2, -0.15) is 0 Å². The molecule has 0 fully saturated rings. The number of halogens is 1. The van der Waals surface area contributed by atoms with E-state index >= 15 is 0 Å². The topological polar surface area (TPSA) is 95.3 Å². The number of nitrogens with one attached hydrogen (secondary N) is 1. The van der Waals surface area contributed by atoms with Crippen LogP contribution in [0.25, 0.3) is 0 Å². The molecule has 0 aliphatic heterocycles. The maximum Gasteiger partial charge on any atom is 0.271 e. The van der Waals surface area contributed by atoms with Crippen molar-refractivity contribution in [2.24, 2.45) is 0 Å². The van der Waals surface area contributed by atoms with E-state index in [1.54, 1.807) is 4.72 Å². The molecule has 0 aromatic heterocycles. The minimum atomic E-state index is -2.71. The summed E-state index contributed by atoms with van der Waals surface area (Å²) in [5, 5.41) is 10.3. The molecule has 1 rings (SSSR count). The number of nitro groups is 1. The second-order valence-electron chi connectivity index (χ2n) is 2.26. The van der Waals surface area contributed by atoms with E-state index in [2.05, 4.69) is 0 Å². The van der Waals surface area contributed by atoms with Crippen molar-refractivity contribution in [1.82, 2.24) is 0 Å². The zero-order valence-corrected chi connectivity index (χ0v) is 10.4. The van der Waals surface area contributed by atoms with Crippen molar-refractivity contribution in [1.29, 1.82) is 0 Å². The molecule has 1 radical (unpaired) electrons. The van der Waals surface area contributed by atoms with E-state index in [0.29, 0.717) is 0 Å². The number of rotatable bonds is 3. The van der Waals surface area contributed by atoms with E-state index in [0.717, 1.165) is 18.2 Å². The van der Waals surface area contributed by atoms with Gasteiger partial charge in [0.1, 0.15) is 5.82 Å². The summed E-state index contributed by atoms with van der Waals surface area (Å²) < 4.78 is 34.8. The van der Waals surface area contributed by atoms with Crippen molar-refractivity contribution < 1.29 is 18.1 Å². The first-order valence-corrected chi connectivity index (χ1v) is 4.38. The molecule has 0 spiro atoms. The molecule has 77 valence electrons. The van der Waals surface area contributed by atoms with Gasteiger partial charge >= 0.3 is 0 Å². The minimum absolute atomic E-state index is 0. The molecule has 0 saturated carbocycles. The van der Waals surface area contributed by atoms with E-state index in [1.165, 1.54) is 0 Å². The number of non-ortho nitro benzene ring substituents is 1.